The fraction of sp³-hybridized carbons (Fsp3) is 1.00. The van der Waals surface area contributed by atoms with Crippen LogP contribution < -0.4 is 5.73 Å². The van der Waals surface area contributed by atoms with Gasteiger partial charge in [-0.1, -0.05) is 124 Å². The maximum absolute atomic E-state index is 6.36. The van der Waals surface area contributed by atoms with Crippen LogP contribution in [-0.4, -0.2) is 5.54 Å². The molecule has 2 N–H and O–H groups in total. The zero-order valence-electron chi connectivity index (χ0n) is 17.9. The maximum atomic E-state index is 6.36. The van der Waals surface area contributed by atoms with Crippen LogP contribution in [0.4, 0.5) is 0 Å². The molecule has 0 aliphatic heterocycles. The van der Waals surface area contributed by atoms with Crippen molar-refractivity contribution in [2.24, 2.45) is 5.73 Å². The maximum Gasteiger partial charge on any atom is 0.0149 e. The molecule has 0 saturated heterocycles. The van der Waals surface area contributed by atoms with E-state index in [0.717, 1.165) is 12.8 Å². The zero-order valence-corrected chi connectivity index (χ0v) is 19.6. The van der Waals surface area contributed by atoms with Gasteiger partial charge in [0.2, 0.25) is 0 Å². The summed E-state index contributed by atoms with van der Waals surface area (Å²) in [5.41, 5.74) is 6.48. The molecule has 0 aromatic rings. The topological polar surface area (TPSA) is 26.0 Å². The van der Waals surface area contributed by atoms with E-state index in [9.17, 15) is 0 Å². The highest BCUT2D eigenvalue weighted by Gasteiger charge is 2.18. The monoisotopic (exact) mass is 419 g/mol. The molecule has 0 heterocycles. The van der Waals surface area contributed by atoms with Crippen LogP contribution in [0.15, 0.2) is 0 Å². The lowest BCUT2D eigenvalue weighted by molar-refractivity contribution is 0.350. The number of nitrogens with two attached hydrogens (primary N) is 1. The zero-order chi connectivity index (χ0) is 17.9. The predicted molar refractivity (Wildman–Crippen MR) is 122 cm³/mol. The Kier molecular flexibility index (Phi) is 23.0. The van der Waals surface area contributed by atoms with E-state index in [1.54, 1.807) is 0 Å². The van der Waals surface area contributed by atoms with Crippen LogP contribution in [0.3, 0.4) is 0 Å². The highest BCUT2D eigenvalue weighted by atomic mass is 79.9. The molecule has 0 amide bonds. The normalized spacial score (nSPS) is 11.5. The van der Waals surface area contributed by atoms with E-state index >= 15 is 0 Å². The molecule has 0 unspecified atom stereocenters. The smallest absolute Gasteiger partial charge is 0.0149 e. The minimum atomic E-state index is 0. The second-order valence-electron chi connectivity index (χ2n) is 8.12. The van der Waals surface area contributed by atoms with Crippen LogP contribution in [-0.2, 0) is 0 Å². The van der Waals surface area contributed by atoms with Gasteiger partial charge in [-0.15, -0.1) is 17.0 Å². The Morgan fingerprint density at radius 3 is 1.04 bits per heavy atom. The van der Waals surface area contributed by atoms with Gasteiger partial charge in [-0.25, -0.2) is 0 Å². The predicted octanol–water partition coefficient (Wildman–Crippen LogP) is 8.73. The van der Waals surface area contributed by atoms with E-state index in [0.29, 0.717) is 0 Å². The van der Waals surface area contributed by atoms with E-state index in [4.69, 9.17) is 5.73 Å². The summed E-state index contributed by atoms with van der Waals surface area (Å²) in [6, 6.07) is 0. The summed E-state index contributed by atoms with van der Waals surface area (Å²) in [6.45, 7) is 6.76. The third-order valence-corrected chi connectivity index (χ3v) is 5.94. The molecule has 0 radical (unpaired) electrons. The lowest BCUT2D eigenvalue weighted by atomic mass is 9.88. The molecule has 0 aromatic heterocycles. The molecular formula is C23H50BrN. The number of hydrogen-bond donors (Lipinski definition) is 1. The van der Waals surface area contributed by atoms with Crippen LogP contribution in [0.5, 0.6) is 0 Å². The van der Waals surface area contributed by atoms with Crippen molar-refractivity contribution >= 4 is 17.0 Å². The van der Waals surface area contributed by atoms with Crippen LogP contribution in [0, 0.1) is 0 Å². The molecule has 0 aliphatic carbocycles. The van der Waals surface area contributed by atoms with E-state index < -0.39 is 0 Å². The van der Waals surface area contributed by atoms with E-state index in [1.807, 2.05) is 0 Å². The highest BCUT2D eigenvalue weighted by Crippen LogP contribution is 2.20. The summed E-state index contributed by atoms with van der Waals surface area (Å²) in [7, 11) is 0. The van der Waals surface area contributed by atoms with Crippen molar-refractivity contribution in [3.8, 4) is 0 Å². The molecule has 1 nitrogen and oxygen atoms in total. The SMILES string of the molecule is Br.CCCCCCCCCCCCCCCCCCC(N)(CC)CC. The molecule has 0 aromatic carbocycles. The van der Waals surface area contributed by atoms with Crippen molar-refractivity contribution < 1.29 is 0 Å². The molecule has 0 fully saturated rings. The van der Waals surface area contributed by atoms with Gasteiger partial charge in [-0.3, -0.25) is 0 Å². The minimum Gasteiger partial charge on any atom is -0.325 e. The molecule has 0 saturated carbocycles. The second-order valence-corrected chi connectivity index (χ2v) is 8.12. The molecule has 0 aliphatic rings. The largest absolute Gasteiger partial charge is 0.325 e. The van der Waals surface area contributed by atoms with Crippen LogP contribution in [0.2, 0.25) is 0 Å². The van der Waals surface area contributed by atoms with Crippen molar-refractivity contribution in [2.45, 2.75) is 148 Å². The molecule has 0 rings (SSSR count). The average Bonchev–Trinajstić information content (AvgIpc) is 2.61. The van der Waals surface area contributed by atoms with Gasteiger partial charge in [0.25, 0.3) is 0 Å². The van der Waals surface area contributed by atoms with Crippen molar-refractivity contribution in [3.05, 3.63) is 0 Å². The minimum absolute atomic E-state index is 0. The van der Waals surface area contributed by atoms with Crippen molar-refractivity contribution in [1.82, 2.24) is 0 Å². The number of hydrogen-bond acceptors (Lipinski definition) is 1. The molecule has 154 valence electrons. The highest BCUT2D eigenvalue weighted by molar-refractivity contribution is 8.93. The number of unbranched alkanes of at least 4 members (excludes halogenated alkanes) is 15. The Morgan fingerprint density at radius 1 is 0.480 bits per heavy atom. The lowest BCUT2D eigenvalue weighted by Gasteiger charge is -2.26. The second kappa shape index (κ2) is 20.7. The standard InChI is InChI=1S/C23H49N.BrH/c1-4-7-8-9-10-11-12-13-14-15-16-17-18-19-20-21-22-23(24,5-2)6-3;/h4-22,24H2,1-3H3;1H. The van der Waals surface area contributed by atoms with Crippen molar-refractivity contribution in [1.29, 1.82) is 0 Å². The quantitative estimate of drug-likeness (QED) is 0.208. The van der Waals surface area contributed by atoms with Crippen molar-refractivity contribution in [2.75, 3.05) is 0 Å². The van der Waals surface area contributed by atoms with E-state index in [1.165, 1.54) is 109 Å². The first-order chi connectivity index (χ1) is 11.7. The molecule has 0 atom stereocenters. The van der Waals surface area contributed by atoms with Crippen LogP contribution in [0.25, 0.3) is 0 Å². The van der Waals surface area contributed by atoms with Gasteiger partial charge in [-0.05, 0) is 19.3 Å². The van der Waals surface area contributed by atoms with Crippen molar-refractivity contribution in [3.63, 3.8) is 0 Å². The molecule has 2 heteroatoms. The van der Waals surface area contributed by atoms with E-state index in [-0.39, 0.29) is 22.5 Å². The molecular weight excluding hydrogens is 370 g/mol. The Hall–Kier alpha value is 0.440. The first kappa shape index (κ1) is 27.7. The molecule has 0 bridgehead atoms. The Morgan fingerprint density at radius 2 is 0.760 bits per heavy atom. The average molecular weight is 421 g/mol. The van der Waals surface area contributed by atoms with Gasteiger partial charge >= 0.3 is 0 Å². The Bertz CT molecular complexity index is 238. The number of rotatable bonds is 19. The third kappa shape index (κ3) is 19.0. The van der Waals surface area contributed by atoms with Crippen LogP contribution in [0.1, 0.15) is 143 Å². The van der Waals surface area contributed by atoms with Gasteiger partial charge in [0.05, 0.1) is 0 Å². The fourth-order valence-corrected chi connectivity index (χ4v) is 3.63. The molecule has 25 heavy (non-hydrogen) atoms. The van der Waals surface area contributed by atoms with Gasteiger partial charge < -0.3 is 5.73 Å². The summed E-state index contributed by atoms with van der Waals surface area (Å²) < 4.78 is 0. The van der Waals surface area contributed by atoms with Gasteiger partial charge in [0.1, 0.15) is 0 Å². The summed E-state index contributed by atoms with van der Waals surface area (Å²) in [5, 5.41) is 0. The van der Waals surface area contributed by atoms with Crippen LogP contribution >= 0.6 is 17.0 Å². The lowest BCUT2D eigenvalue weighted by Crippen LogP contribution is -2.38. The van der Waals surface area contributed by atoms with Gasteiger partial charge in [0.15, 0.2) is 0 Å². The van der Waals surface area contributed by atoms with Gasteiger partial charge in [0, 0.05) is 5.54 Å². The summed E-state index contributed by atoms with van der Waals surface area (Å²) in [6.07, 6.45) is 26.5. The summed E-state index contributed by atoms with van der Waals surface area (Å²) in [5.74, 6) is 0. The Balaban J connectivity index is 0. The van der Waals surface area contributed by atoms with Gasteiger partial charge in [-0.2, -0.15) is 0 Å². The summed E-state index contributed by atoms with van der Waals surface area (Å²) in [4.78, 5) is 0. The third-order valence-electron chi connectivity index (χ3n) is 5.94. The van der Waals surface area contributed by atoms with E-state index in [2.05, 4.69) is 20.8 Å². The Labute approximate surface area is 171 Å². The number of halogens is 1. The first-order valence-corrected chi connectivity index (χ1v) is 11.5. The fourth-order valence-electron chi connectivity index (χ4n) is 3.63. The first-order valence-electron chi connectivity index (χ1n) is 11.5. The summed E-state index contributed by atoms with van der Waals surface area (Å²) >= 11 is 0. The molecule has 0 spiro atoms.